The molecular formula is C17H18N8O2S. The van der Waals surface area contributed by atoms with Crippen LogP contribution in [0.1, 0.15) is 19.3 Å². The average Bonchev–Trinajstić information content (AvgIpc) is 3.26. The summed E-state index contributed by atoms with van der Waals surface area (Å²) in [7, 11) is -3.25. The number of nitrogens with zero attached hydrogens (tertiary/aromatic N) is 7. The molecule has 2 aliphatic rings. The van der Waals surface area contributed by atoms with Crippen molar-refractivity contribution in [3.63, 3.8) is 0 Å². The second-order valence-corrected chi connectivity index (χ2v) is 9.62. The standard InChI is InChI=1S/C17H18N8O2S/c18-6-5-17(10-23(11-17)28(26,27)13-3-4-13)25-9-12(8-20-25)14-2-1-7-24-15(14)21-16(19)22-24/h1-2,7-9,13H,3-5,10-11H2,(H2,19,22). The van der Waals surface area contributed by atoms with E-state index < -0.39 is 15.6 Å². The minimum absolute atomic E-state index is 0.181. The summed E-state index contributed by atoms with van der Waals surface area (Å²) < 4.78 is 29.7. The number of pyridine rings is 1. The van der Waals surface area contributed by atoms with E-state index in [1.165, 1.54) is 4.31 Å². The fourth-order valence-corrected chi connectivity index (χ4v) is 5.72. The summed E-state index contributed by atoms with van der Waals surface area (Å²) in [6, 6.07) is 5.92. The number of sulfonamides is 1. The molecule has 3 aromatic rings. The molecule has 0 spiro atoms. The molecule has 3 aromatic heterocycles. The molecule has 28 heavy (non-hydrogen) atoms. The van der Waals surface area contributed by atoms with Gasteiger partial charge >= 0.3 is 0 Å². The Bertz CT molecular complexity index is 1210. The Kier molecular flexibility index (Phi) is 3.53. The Balaban J connectivity index is 1.48. The predicted molar refractivity (Wildman–Crippen MR) is 100 cm³/mol. The van der Waals surface area contributed by atoms with Gasteiger partial charge in [0.2, 0.25) is 16.0 Å². The van der Waals surface area contributed by atoms with Crippen molar-refractivity contribution in [2.24, 2.45) is 0 Å². The lowest BCUT2D eigenvalue weighted by atomic mass is 9.89. The molecule has 0 aromatic carbocycles. The quantitative estimate of drug-likeness (QED) is 0.664. The van der Waals surface area contributed by atoms with Crippen molar-refractivity contribution < 1.29 is 8.42 Å². The van der Waals surface area contributed by atoms with Crippen LogP contribution in [0.25, 0.3) is 16.8 Å². The molecule has 1 saturated heterocycles. The molecule has 0 unspecified atom stereocenters. The molecule has 0 radical (unpaired) electrons. The van der Waals surface area contributed by atoms with Crippen LogP contribution in [0.15, 0.2) is 30.7 Å². The maximum atomic E-state index is 12.5. The van der Waals surface area contributed by atoms with Crippen LogP contribution in [0.4, 0.5) is 5.95 Å². The smallest absolute Gasteiger partial charge is 0.240 e. The van der Waals surface area contributed by atoms with Crippen molar-refractivity contribution in [1.82, 2.24) is 28.7 Å². The molecular weight excluding hydrogens is 380 g/mol. The number of aromatic nitrogens is 5. The number of hydrogen-bond donors (Lipinski definition) is 1. The van der Waals surface area contributed by atoms with Gasteiger partial charge in [0, 0.05) is 36.6 Å². The van der Waals surface area contributed by atoms with Crippen molar-refractivity contribution in [3.8, 4) is 17.2 Å². The van der Waals surface area contributed by atoms with E-state index in [1.54, 1.807) is 21.6 Å². The van der Waals surface area contributed by atoms with Crippen molar-refractivity contribution >= 4 is 21.6 Å². The fourth-order valence-electron chi connectivity index (χ4n) is 3.72. The Morgan fingerprint density at radius 1 is 1.36 bits per heavy atom. The molecule has 0 bridgehead atoms. The van der Waals surface area contributed by atoms with Gasteiger partial charge in [-0.15, -0.1) is 5.10 Å². The summed E-state index contributed by atoms with van der Waals surface area (Å²) in [5, 5.41) is 17.6. The number of nitrogens with two attached hydrogens (primary N) is 1. The highest BCUT2D eigenvalue weighted by Gasteiger charge is 2.53. The summed E-state index contributed by atoms with van der Waals surface area (Å²) in [5.41, 5.74) is 7.29. The second kappa shape index (κ2) is 5.76. The molecule has 1 saturated carbocycles. The van der Waals surface area contributed by atoms with Crippen molar-refractivity contribution in [2.75, 3.05) is 18.8 Å². The number of nitrogen functional groups attached to an aromatic ring is 1. The molecule has 2 fully saturated rings. The van der Waals surface area contributed by atoms with Gasteiger partial charge in [0.05, 0.1) is 23.9 Å². The van der Waals surface area contributed by atoms with E-state index in [0.29, 0.717) is 5.65 Å². The predicted octanol–water partition coefficient (Wildman–Crippen LogP) is 0.592. The number of fused-ring (bicyclic) bond motifs is 1. The van der Waals surface area contributed by atoms with Crippen LogP contribution in [-0.2, 0) is 15.6 Å². The first-order valence-corrected chi connectivity index (χ1v) is 10.5. The van der Waals surface area contributed by atoms with Crippen LogP contribution in [-0.4, -0.2) is 55.4 Å². The number of rotatable bonds is 5. The zero-order chi connectivity index (χ0) is 19.5. The highest BCUT2D eigenvalue weighted by atomic mass is 32.2. The summed E-state index contributed by atoms with van der Waals surface area (Å²) in [5.74, 6) is 0.181. The first kappa shape index (κ1) is 17.2. The Labute approximate surface area is 161 Å². The molecule has 0 amide bonds. The summed E-state index contributed by atoms with van der Waals surface area (Å²) in [6.45, 7) is 0.533. The monoisotopic (exact) mass is 398 g/mol. The van der Waals surface area contributed by atoms with E-state index in [2.05, 4.69) is 21.3 Å². The van der Waals surface area contributed by atoms with Crippen molar-refractivity contribution in [3.05, 3.63) is 30.7 Å². The van der Waals surface area contributed by atoms with Gasteiger partial charge < -0.3 is 5.73 Å². The first-order valence-electron chi connectivity index (χ1n) is 8.95. The normalized spacial score (nSPS) is 19.4. The van der Waals surface area contributed by atoms with Gasteiger partial charge in [-0.1, -0.05) is 0 Å². The molecule has 2 N–H and O–H groups in total. The van der Waals surface area contributed by atoms with Crippen LogP contribution in [0.5, 0.6) is 0 Å². The van der Waals surface area contributed by atoms with Gasteiger partial charge in [-0.05, 0) is 25.0 Å². The Morgan fingerprint density at radius 3 is 2.86 bits per heavy atom. The van der Waals surface area contributed by atoms with Crippen LogP contribution in [0, 0.1) is 11.3 Å². The maximum Gasteiger partial charge on any atom is 0.240 e. The van der Waals surface area contributed by atoms with Crippen molar-refractivity contribution in [2.45, 2.75) is 30.1 Å². The minimum atomic E-state index is -3.25. The lowest BCUT2D eigenvalue weighted by molar-refractivity contribution is 0.0716. The lowest BCUT2D eigenvalue weighted by Crippen LogP contribution is -2.64. The van der Waals surface area contributed by atoms with Gasteiger partial charge in [-0.3, -0.25) is 4.68 Å². The SMILES string of the molecule is N#CCC1(n2cc(-c3cccn4nc(N)nc34)cn2)CN(S(=O)(=O)C2CC2)C1. The third-order valence-electron chi connectivity index (χ3n) is 5.41. The van der Waals surface area contributed by atoms with Crippen LogP contribution >= 0.6 is 0 Å². The molecule has 4 heterocycles. The van der Waals surface area contributed by atoms with E-state index in [0.717, 1.165) is 24.0 Å². The average molecular weight is 398 g/mol. The minimum Gasteiger partial charge on any atom is -0.366 e. The molecule has 11 heteroatoms. The lowest BCUT2D eigenvalue weighted by Gasteiger charge is -2.48. The topological polar surface area (TPSA) is 135 Å². The third kappa shape index (κ3) is 2.49. The zero-order valence-electron chi connectivity index (χ0n) is 14.9. The van der Waals surface area contributed by atoms with Gasteiger partial charge in [-0.25, -0.2) is 12.9 Å². The van der Waals surface area contributed by atoms with E-state index in [4.69, 9.17) is 5.73 Å². The van der Waals surface area contributed by atoms with E-state index >= 15 is 0 Å². The van der Waals surface area contributed by atoms with E-state index in [1.807, 2.05) is 18.3 Å². The molecule has 5 rings (SSSR count). The van der Waals surface area contributed by atoms with Gasteiger partial charge in [0.1, 0.15) is 5.54 Å². The second-order valence-electron chi connectivity index (χ2n) is 7.41. The fraction of sp³-hybridized carbons (Fsp3) is 0.412. The molecule has 0 atom stereocenters. The Hall–Kier alpha value is -2.97. The van der Waals surface area contributed by atoms with Gasteiger partial charge in [-0.2, -0.15) is 19.6 Å². The summed E-state index contributed by atoms with van der Waals surface area (Å²) in [6.07, 6.45) is 6.92. The molecule has 144 valence electrons. The third-order valence-corrected chi connectivity index (χ3v) is 7.71. The highest BCUT2D eigenvalue weighted by molar-refractivity contribution is 7.90. The van der Waals surface area contributed by atoms with Gasteiger partial charge in [0.25, 0.3) is 0 Å². The summed E-state index contributed by atoms with van der Waals surface area (Å²) >= 11 is 0. The maximum absolute atomic E-state index is 12.5. The largest absolute Gasteiger partial charge is 0.366 e. The number of nitriles is 1. The molecule has 1 aliphatic heterocycles. The first-order chi connectivity index (χ1) is 13.4. The molecule has 10 nitrogen and oxygen atoms in total. The van der Waals surface area contributed by atoms with Crippen LogP contribution in [0.2, 0.25) is 0 Å². The zero-order valence-corrected chi connectivity index (χ0v) is 15.7. The van der Waals surface area contributed by atoms with Crippen LogP contribution < -0.4 is 5.73 Å². The van der Waals surface area contributed by atoms with Crippen LogP contribution in [0.3, 0.4) is 0 Å². The number of hydrogen-bond acceptors (Lipinski definition) is 7. The van der Waals surface area contributed by atoms with E-state index in [9.17, 15) is 13.7 Å². The highest BCUT2D eigenvalue weighted by Crippen LogP contribution is 2.40. The van der Waals surface area contributed by atoms with Crippen molar-refractivity contribution in [1.29, 1.82) is 5.26 Å². The Morgan fingerprint density at radius 2 is 2.14 bits per heavy atom. The summed E-state index contributed by atoms with van der Waals surface area (Å²) in [4.78, 5) is 4.25. The van der Waals surface area contributed by atoms with E-state index in [-0.39, 0.29) is 30.7 Å². The molecule has 1 aliphatic carbocycles. The number of anilines is 1. The van der Waals surface area contributed by atoms with Gasteiger partial charge in [0.15, 0.2) is 5.65 Å².